The second kappa shape index (κ2) is 12.7. The summed E-state index contributed by atoms with van der Waals surface area (Å²) in [6.07, 6.45) is 3.61. The van der Waals surface area contributed by atoms with Crippen LogP contribution in [0, 0.1) is 0 Å². The molecule has 0 aliphatic carbocycles. The zero-order chi connectivity index (χ0) is 28.1. The van der Waals surface area contributed by atoms with Crippen molar-refractivity contribution in [1.82, 2.24) is 9.21 Å². The zero-order valence-corrected chi connectivity index (χ0v) is 24.0. The molecular weight excluding hydrogens is 552 g/mol. The molecule has 1 aromatic heterocycles. The molecule has 9 nitrogen and oxygen atoms in total. The molecular formula is C29H34N2O7S2. The van der Waals surface area contributed by atoms with E-state index in [0.717, 1.165) is 23.8 Å². The summed E-state index contributed by atoms with van der Waals surface area (Å²) in [5.41, 5.74) is 1.12. The highest BCUT2D eigenvalue weighted by atomic mass is 32.2. The number of hydrogen-bond donors (Lipinski definition) is 1. The summed E-state index contributed by atoms with van der Waals surface area (Å²) in [6.45, 7) is 1.04. The standard InChI is InChI=1S/C29H34N2O7S2/c1-36-22-8-10-23(11-9-22)40(34,35)31(14-16-32)15-17-37-28-19-21(25-20-39-27-7-3-2-6-24(25)27)18-26(38-28)29(33)30-12-4-5-13-30/h2-3,6-11,18,20-21,28,32H,4-5,12-17,19H2,1H3/t21-,28+/m1/s1. The Morgan fingerprint density at radius 3 is 2.60 bits per heavy atom. The minimum atomic E-state index is -3.87. The number of fused-ring (bicyclic) bond motifs is 1. The molecule has 1 N–H and O–H groups in total. The molecule has 214 valence electrons. The van der Waals surface area contributed by atoms with Crippen molar-refractivity contribution in [3.05, 3.63) is 71.3 Å². The van der Waals surface area contributed by atoms with Crippen LogP contribution >= 0.6 is 11.3 Å². The third-order valence-electron chi connectivity index (χ3n) is 7.26. The third-order valence-corrected chi connectivity index (χ3v) is 10.2. The van der Waals surface area contributed by atoms with Crippen molar-refractivity contribution in [2.45, 2.75) is 36.4 Å². The Balaban J connectivity index is 1.31. The topological polar surface area (TPSA) is 106 Å². The first-order valence-corrected chi connectivity index (χ1v) is 15.7. The number of allylic oxidation sites excluding steroid dienone is 1. The molecule has 2 atom stereocenters. The molecule has 0 radical (unpaired) electrons. The van der Waals surface area contributed by atoms with Crippen LogP contribution in [-0.4, -0.2) is 81.4 Å². The summed E-state index contributed by atoms with van der Waals surface area (Å²) in [5.74, 6) is 0.592. The average molecular weight is 587 g/mol. The Kier molecular flexibility index (Phi) is 9.07. The SMILES string of the molecule is COc1ccc(S(=O)(=O)N(CCO)CCO[C@@H]2C[C@H](c3csc4ccccc34)C=C(C(=O)N3CCCC3)O2)cc1. The van der Waals surface area contributed by atoms with Crippen molar-refractivity contribution in [3.8, 4) is 5.75 Å². The number of ether oxygens (including phenoxy) is 3. The quantitative estimate of drug-likeness (QED) is 0.363. The maximum atomic E-state index is 13.3. The highest BCUT2D eigenvalue weighted by molar-refractivity contribution is 7.89. The van der Waals surface area contributed by atoms with Crippen LogP contribution in [0.15, 0.2) is 70.6 Å². The number of carbonyl (C=O) groups is 1. The molecule has 11 heteroatoms. The predicted molar refractivity (Wildman–Crippen MR) is 153 cm³/mol. The summed E-state index contributed by atoms with van der Waals surface area (Å²) in [7, 11) is -2.36. The minimum absolute atomic E-state index is 0.0138. The van der Waals surface area contributed by atoms with Crippen LogP contribution in [-0.2, 0) is 24.3 Å². The van der Waals surface area contributed by atoms with Gasteiger partial charge in [-0.25, -0.2) is 8.42 Å². The van der Waals surface area contributed by atoms with Gasteiger partial charge in [0.05, 0.1) is 25.2 Å². The molecule has 5 rings (SSSR count). The summed E-state index contributed by atoms with van der Waals surface area (Å²) in [5, 5.41) is 12.8. The highest BCUT2D eigenvalue weighted by Gasteiger charge is 2.33. The van der Waals surface area contributed by atoms with Crippen LogP contribution in [0.1, 0.15) is 30.7 Å². The number of thiophene rings is 1. The van der Waals surface area contributed by atoms with E-state index >= 15 is 0 Å². The number of carbonyl (C=O) groups excluding carboxylic acids is 1. The Hall–Kier alpha value is -2.96. The van der Waals surface area contributed by atoms with Gasteiger partial charge in [0.2, 0.25) is 16.3 Å². The number of nitrogens with zero attached hydrogens (tertiary/aromatic N) is 2. The molecule has 2 aliphatic rings. The molecule has 0 unspecified atom stereocenters. The molecule has 3 heterocycles. The van der Waals surface area contributed by atoms with Crippen LogP contribution in [0.2, 0.25) is 0 Å². The van der Waals surface area contributed by atoms with Crippen LogP contribution in [0.25, 0.3) is 10.1 Å². The molecule has 3 aromatic rings. The number of aliphatic hydroxyl groups is 1. The lowest BCUT2D eigenvalue weighted by atomic mass is 9.92. The Morgan fingerprint density at radius 2 is 1.88 bits per heavy atom. The number of hydrogen-bond acceptors (Lipinski definition) is 8. The fourth-order valence-electron chi connectivity index (χ4n) is 5.14. The number of likely N-dealkylation sites (tertiary alicyclic amines) is 1. The van der Waals surface area contributed by atoms with Gasteiger partial charge >= 0.3 is 0 Å². The van der Waals surface area contributed by atoms with Crippen molar-refractivity contribution in [2.24, 2.45) is 0 Å². The van der Waals surface area contributed by atoms with Crippen molar-refractivity contribution in [2.75, 3.05) is 46.5 Å². The molecule has 2 aromatic carbocycles. The largest absolute Gasteiger partial charge is 0.497 e. The molecule has 0 spiro atoms. The zero-order valence-electron chi connectivity index (χ0n) is 22.4. The Morgan fingerprint density at radius 1 is 1.12 bits per heavy atom. The fourth-order valence-corrected chi connectivity index (χ4v) is 7.58. The number of methoxy groups -OCH3 is 1. The van der Waals surface area contributed by atoms with Crippen LogP contribution in [0.5, 0.6) is 5.75 Å². The third kappa shape index (κ3) is 6.18. The average Bonchev–Trinajstić information content (AvgIpc) is 3.67. The van der Waals surface area contributed by atoms with Gasteiger partial charge in [0.25, 0.3) is 5.91 Å². The molecule has 2 aliphatic heterocycles. The van der Waals surface area contributed by atoms with Crippen molar-refractivity contribution < 1.29 is 32.5 Å². The number of sulfonamides is 1. The lowest BCUT2D eigenvalue weighted by Crippen LogP contribution is -2.38. The highest BCUT2D eigenvalue weighted by Crippen LogP contribution is 2.38. The van der Waals surface area contributed by atoms with Gasteiger partial charge in [0, 0.05) is 43.2 Å². The number of aliphatic hydroxyl groups excluding tert-OH is 1. The van der Waals surface area contributed by atoms with E-state index < -0.39 is 16.3 Å². The summed E-state index contributed by atoms with van der Waals surface area (Å²) >= 11 is 1.66. The summed E-state index contributed by atoms with van der Waals surface area (Å²) < 4.78 is 46.1. The first-order chi connectivity index (χ1) is 19.4. The fraction of sp³-hybridized carbons (Fsp3) is 0.414. The second-order valence-corrected chi connectivity index (χ2v) is 12.6. The summed E-state index contributed by atoms with van der Waals surface area (Å²) in [6, 6.07) is 14.3. The van der Waals surface area contributed by atoms with E-state index in [1.54, 1.807) is 28.4 Å². The van der Waals surface area contributed by atoms with E-state index in [2.05, 4.69) is 17.5 Å². The Labute approximate surface area is 238 Å². The first kappa shape index (κ1) is 28.6. The van der Waals surface area contributed by atoms with Gasteiger partial charge in [-0.05, 0) is 65.6 Å². The molecule has 0 saturated carbocycles. The van der Waals surface area contributed by atoms with Gasteiger partial charge in [0.15, 0.2) is 5.76 Å². The maximum Gasteiger partial charge on any atom is 0.288 e. The molecule has 1 saturated heterocycles. The van der Waals surface area contributed by atoms with E-state index in [0.29, 0.717) is 25.3 Å². The lowest BCUT2D eigenvalue weighted by molar-refractivity contribution is -0.152. The smallest absolute Gasteiger partial charge is 0.288 e. The molecule has 1 fully saturated rings. The van der Waals surface area contributed by atoms with Crippen molar-refractivity contribution >= 4 is 37.4 Å². The normalized spacial score (nSPS) is 19.6. The molecule has 40 heavy (non-hydrogen) atoms. The van der Waals surface area contributed by atoms with Gasteiger partial charge in [-0.1, -0.05) is 18.2 Å². The minimum Gasteiger partial charge on any atom is -0.497 e. The van der Waals surface area contributed by atoms with Gasteiger partial charge in [-0.15, -0.1) is 11.3 Å². The van der Waals surface area contributed by atoms with Gasteiger partial charge < -0.3 is 24.2 Å². The van der Waals surface area contributed by atoms with E-state index in [9.17, 15) is 18.3 Å². The summed E-state index contributed by atoms with van der Waals surface area (Å²) in [4.78, 5) is 15.2. The van der Waals surface area contributed by atoms with Gasteiger partial charge in [-0.3, -0.25) is 4.79 Å². The van der Waals surface area contributed by atoms with Crippen molar-refractivity contribution in [1.29, 1.82) is 0 Å². The molecule has 0 bridgehead atoms. The molecule has 1 amide bonds. The van der Waals surface area contributed by atoms with E-state index in [-0.39, 0.29) is 48.8 Å². The number of amides is 1. The number of rotatable bonds is 11. The first-order valence-electron chi connectivity index (χ1n) is 13.4. The Bertz CT molecular complexity index is 1450. The van der Waals surface area contributed by atoms with E-state index in [4.69, 9.17) is 14.2 Å². The maximum absolute atomic E-state index is 13.3. The van der Waals surface area contributed by atoms with E-state index in [1.807, 2.05) is 18.2 Å². The van der Waals surface area contributed by atoms with Crippen molar-refractivity contribution in [3.63, 3.8) is 0 Å². The van der Waals surface area contributed by atoms with Crippen LogP contribution in [0.3, 0.4) is 0 Å². The van der Waals surface area contributed by atoms with Crippen LogP contribution < -0.4 is 4.74 Å². The predicted octanol–water partition coefficient (Wildman–Crippen LogP) is 3.95. The monoisotopic (exact) mass is 586 g/mol. The lowest BCUT2D eigenvalue weighted by Gasteiger charge is -2.31. The van der Waals surface area contributed by atoms with Crippen LogP contribution in [0.4, 0.5) is 0 Å². The van der Waals surface area contributed by atoms with E-state index in [1.165, 1.54) is 28.2 Å². The second-order valence-electron chi connectivity index (χ2n) is 9.78. The number of benzene rings is 2. The van der Waals surface area contributed by atoms with Gasteiger partial charge in [-0.2, -0.15) is 4.31 Å². The van der Waals surface area contributed by atoms with Gasteiger partial charge in [0.1, 0.15) is 5.75 Å².